The molecule has 1 amide bonds. The van der Waals surface area contributed by atoms with E-state index in [0.29, 0.717) is 38.9 Å². The second-order valence-electron chi connectivity index (χ2n) is 6.24. The summed E-state index contributed by atoms with van der Waals surface area (Å²) >= 11 is 1.67. The first kappa shape index (κ1) is 19.4. The lowest BCUT2D eigenvalue weighted by Gasteiger charge is -2.29. The number of aliphatic hydroxyl groups excluding tert-OH is 1. The summed E-state index contributed by atoms with van der Waals surface area (Å²) in [4.78, 5) is 13.5. The molecule has 6 nitrogen and oxygen atoms in total. The lowest BCUT2D eigenvalue weighted by Crippen LogP contribution is -2.42. The Kier molecular flexibility index (Phi) is 7.21. The number of rotatable bonds is 8. The van der Waals surface area contributed by atoms with Gasteiger partial charge in [0, 0.05) is 37.0 Å². The molecular weight excluding hydrogens is 348 g/mol. The van der Waals surface area contributed by atoms with Crippen LogP contribution in [0, 0.1) is 5.92 Å². The van der Waals surface area contributed by atoms with Crippen LogP contribution in [-0.2, 0) is 14.8 Å². The standard InChI is InChI=1S/C16H26N2O4S2/c1-24(21,22)18-9-5-14(6-10-18)16(20)17-8-4-13(7-11-19)15-3-2-12-23-15/h2-3,12-14,19H,4-11H2,1H3,(H,17,20)/t13-/m1/s1. The smallest absolute Gasteiger partial charge is 0.223 e. The molecule has 0 radical (unpaired) electrons. The molecule has 0 unspecified atom stereocenters. The van der Waals surface area contributed by atoms with Crippen molar-refractivity contribution in [3.63, 3.8) is 0 Å². The first-order valence-corrected chi connectivity index (χ1v) is 11.0. The molecule has 0 aromatic carbocycles. The molecule has 2 heterocycles. The first-order chi connectivity index (χ1) is 11.4. The highest BCUT2D eigenvalue weighted by Gasteiger charge is 2.28. The number of aliphatic hydroxyl groups is 1. The zero-order valence-electron chi connectivity index (χ0n) is 14.0. The van der Waals surface area contributed by atoms with Gasteiger partial charge in [0.2, 0.25) is 15.9 Å². The first-order valence-electron chi connectivity index (χ1n) is 8.29. The van der Waals surface area contributed by atoms with E-state index in [1.807, 2.05) is 11.4 Å². The number of amides is 1. The Morgan fingerprint density at radius 1 is 1.42 bits per heavy atom. The fourth-order valence-electron chi connectivity index (χ4n) is 3.07. The molecule has 0 bridgehead atoms. The van der Waals surface area contributed by atoms with Crippen LogP contribution in [0.15, 0.2) is 17.5 Å². The largest absolute Gasteiger partial charge is 0.396 e. The van der Waals surface area contributed by atoms with Gasteiger partial charge in [0.15, 0.2) is 0 Å². The molecule has 8 heteroatoms. The van der Waals surface area contributed by atoms with Gasteiger partial charge in [-0.15, -0.1) is 11.3 Å². The number of hydrogen-bond donors (Lipinski definition) is 2. The molecular formula is C16H26N2O4S2. The number of sulfonamides is 1. The zero-order chi connectivity index (χ0) is 17.6. The summed E-state index contributed by atoms with van der Waals surface area (Å²) < 4.78 is 24.4. The van der Waals surface area contributed by atoms with E-state index >= 15 is 0 Å². The van der Waals surface area contributed by atoms with Crippen molar-refractivity contribution in [3.05, 3.63) is 22.4 Å². The molecule has 1 fully saturated rings. The summed E-state index contributed by atoms with van der Waals surface area (Å²) in [6, 6.07) is 4.06. The molecule has 0 aliphatic carbocycles. The van der Waals surface area contributed by atoms with Gasteiger partial charge in [-0.1, -0.05) is 6.07 Å². The summed E-state index contributed by atoms with van der Waals surface area (Å²) in [6.07, 6.45) is 3.85. The van der Waals surface area contributed by atoms with Gasteiger partial charge in [-0.2, -0.15) is 0 Å². The van der Waals surface area contributed by atoms with Crippen molar-refractivity contribution in [3.8, 4) is 0 Å². The number of carbonyl (C=O) groups excluding carboxylic acids is 1. The summed E-state index contributed by atoms with van der Waals surface area (Å²) in [5, 5.41) is 14.2. The summed E-state index contributed by atoms with van der Waals surface area (Å²) in [7, 11) is -3.16. The Hall–Kier alpha value is -0.960. The van der Waals surface area contributed by atoms with E-state index in [0.717, 1.165) is 6.42 Å². The predicted molar refractivity (Wildman–Crippen MR) is 95.5 cm³/mol. The minimum Gasteiger partial charge on any atom is -0.396 e. The second kappa shape index (κ2) is 8.94. The minimum absolute atomic E-state index is 0.0112. The molecule has 0 saturated carbocycles. The van der Waals surface area contributed by atoms with Gasteiger partial charge in [0.25, 0.3) is 0 Å². The maximum Gasteiger partial charge on any atom is 0.223 e. The van der Waals surface area contributed by atoms with Crippen molar-refractivity contribution in [2.24, 2.45) is 5.92 Å². The third kappa shape index (κ3) is 5.54. The molecule has 0 spiro atoms. The third-order valence-corrected chi connectivity index (χ3v) is 6.85. The van der Waals surface area contributed by atoms with E-state index in [2.05, 4.69) is 11.4 Å². The van der Waals surface area contributed by atoms with Crippen molar-refractivity contribution in [1.29, 1.82) is 0 Å². The lowest BCUT2D eigenvalue weighted by molar-refractivity contribution is -0.126. The van der Waals surface area contributed by atoms with Crippen LogP contribution >= 0.6 is 11.3 Å². The van der Waals surface area contributed by atoms with Gasteiger partial charge in [0.05, 0.1) is 6.26 Å². The van der Waals surface area contributed by atoms with Crippen LogP contribution in [0.5, 0.6) is 0 Å². The Morgan fingerprint density at radius 2 is 2.12 bits per heavy atom. The molecule has 136 valence electrons. The van der Waals surface area contributed by atoms with Crippen molar-refractivity contribution >= 4 is 27.3 Å². The Labute approximate surface area is 147 Å². The number of thiophene rings is 1. The monoisotopic (exact) mass is 374 g/mol. The van der Waals surface area contributed by atoms with E-state index in [1.165, 1.54) is 15.4 Å². The highest BCUT2D eigenvalue weighted by atomic mass is 32.2. The van der Waals surface area contributed by atoms with Crippen molar-refractivity contribution in [2.45, 2.75) is 31.6 Å². The Balaban J connectivity index is 1.75. The van der Waals surface area contributed by atoms with Crippen LogP contribution in [0.1, 0.15) is 36.5 Å². The number of nitrogens with one attached hydrogen (secondary N) is 1. The predicted octanol–water partition coefficient (Wildman–Crippen LogP) is 1.39. The quantitative estimate of drug-likeness (QED) is 0.720. The molecule has 1 aliphatic rings. The molecule has 1 aliphatic heterocycles. The van der Waals surface area contributed by atoms with Crippen LogP contribution < -0.4 is 5.32 Å². The van der Waals surface area contributed by atoms with Crippen molar-refractivity contribution in [1.82, 2.24) is 9.62 Å². The molecule has 1 saturated heterocycles. The van der Waals surface area contributed by atoms with Crippen LogP contribution in [0.4, 0.5) is 0 Å². The van der Waals surface area contributed by atoms with Gasteiger partial charge in [-0.3, -0.25) is 4.79 Å². The maximum absolute atomic E-state index is 12.3. The van der Waals surface area contributed by atoms with Crippen LogP contribution in [0.25, 0.3) is 0 Å². The summed E-state index contributed by atoms with van der Waals surface area (Å²) in [6.45, 7) is 1.55. The fraction of sp³-hybridized carbons (Fsp3) is 0.688. The van der Waals surface area contributed by atoms with Crippen LogP contribution in [0.3, 0.4) is 0 Å². The summed E-state index contributed by atoms with van der Waals surface area (Å²) in [5.41, 5.74) is 0. The highest BCUT2D eigenvalue weighted by molar-refractivity contribution is 7.88. The fourth-order valence-corrected chi connectivity index (χ4v) is 4.85. The Morgan fingerprint density at radius 3 is 2.67 bits per heavy atom. The van der Waals surface area contributed by atoms with E-state index in [4.69, 9.17) is 0 Å². The SMILES string of the molecule is CS(=O)(=O)N1CCC(C(=O)NCC[C@H](CCO)c2cccs2)CC1. The van der Waals surface area contributed by atoms with Gasteiger partial charge in [0.1, 0.15) is 0 Å². The van der Waals surface area contributed by atoms with Gasteiger partial charge >= 0.3 is 0 Å². The van der Waals surface area contributed by atoms with Crippen LogP contribution in [0.2, 0.25) is 0 Å². The van der Waals surface area contributed by atoms with Gasteiger partial charge in [-0.25, -0.2) is 12.7 Å². The molecule has 1 aromatic heterocycles. The molecule has 2 rings (SSSR count). The van der Waals surface area contributed by atoms with E-state index in [-0.39, 0.29) is 24.3 Å². The number of piperidine rings is 1. The Bertz CT molecular complexity index is 608. The lowest BCUT2D eigenvalue weighted by atomic mass is 9.96. The van der Waals surface area contributed by atoms with E-state index in [9.17, 15) is 18.3 Å². The van der Waals surface area contributed by atoms with Gasteiger partial charge in [-0.05, 0) is 43.0 Å². The van der Waals surface area contributed by atoms with Crippen molar-refractivity contribution < 1.29 is 18.3 Å². The van der Waals surface area contributed by atoms with E-state index < -0.39 is 10.0 Å². The molecule has 2 N–H and O–H groups in total. The topological polar surface area (TPSA) is 86.7 Å². The van der Waals surface area contributed by atoms with E-state index in [1.54, 1.807) is 11.3 Å². The minimum atomic E-state index is -3.16. The maximum atomic E-state index is 12.3. The average molecular weight is 375 g/mol. The highest BCUT2D eigenvalue weighted by Crippen LogP contribution is 2.27. The normalized spacial score (nSPS) is 18.4. The third-order valence-electron chi connectivity index (χ3n) is 4.51. The number of hydrogen-bond acceptors (Lipinski definition) is 5. The average Bonchev–Trinajstić information content (AvgIpc) is 3.07. The number of carbonyl (C=O) groups is 1. The molecule has 1 aromatic rings. The second-order valence-corrected chi connectivity index (χ2v) is 9.20. The zero-order valence-corrected chi connectivity index (χ0v) is 15.6. The molecule has 1 atom stereocenters. The molecule has 24 heavy (non-hydrogen) atoms. The van der Waals surface area contributed by atoms with Crippen molar-refractivity contribution in [2.75, 3.05) is 32.5 Å². The van der Waals surface area contributed by atoms with Crippen LogP contribution in [-0.4, -0.2) is 56.2 Å². The van der Waals surface area contributed by atoms with Gasteiger partial charge < -0.3 is 10.4 Å². The number of nitrogens with zero attached hydrogens (tertiary/aromatic N) is 1. The summed E-state index contributed by atoms with van der Waals surface area (Å²) in [5.74, 6) is 0.167.